The van der Waals surface area contributed by atoms with E-state index in [-0.39, 0.29) is 12.3 Å². The van der Waals surface area contributed by atoms with Crippen molar-refractivity contribution in [3.05, 3.63) is 16.4 Å². The number of hydrogen-bond donors (Lipinski definition) is 1. The van der Waals surface area contributed by atoms with Crippen LogP contribution in [0.5, 0.6) is 0 Å². The predicted molar refractivity (Wildman–Crippen MR) is 44.3 cm³/mol. The molecule has 0 aliphatic rings. The summed E-state index contributed by atoms with van der Waals surface area (Å²) >= 11 is 3.22. The van der Waals surface area contributed by atoms with E-state index in [1.54, 1.807) is 11.7 Å². The molecule has 0 saturated carbocycles. The Bertz CT molecular complexity index is 281. The fourth-order valence-electron chi connectivity index (χ4n) is 0.720. The van der Waals surface area contributed by atoms with Gasteiger partial charge in [-0.2, -0.15) is 5.10 Å². The molecule has 0 spiro atoms. The molecule has 60 valence electrons. The number of aryl methyl sites for hydroxylation is 1. The van der Waals surface area contributed by atoms with Gasteiger partial charge in [0.25, 0.3) is 0 Å². The topological polar surface area (TPSA) is 60.9 Å². The zero-order chi connectivity index (χ0) is 8.43. The minimum Gasteiger partial charge on any atom is -0.324 e. The monoisotopic (exact) mass is 217 g/mol. The lowest BCUT2D eigenvalue weighted by molar-refractivity contribution is 0.100. The number of carbonyl (C=O) groups excluding carboxylic acids is 1. The number of carbonyl (C=O) groups is 1. The minimum absolute atomic E-state index is 0.0181. The Hall–Kier alpha value is -0.680. The van der Waals surface area contributed by atoms with Crippen LogP contribution in [0.2, 0.25) is 0 Å². The van der Waals surface area contributed by atoms with E-state index in [1.807, 2.05) is 0 Å². The fourth-order valence-corrected chi connectivity index (χ4v) is 1.13. The van der Waals surface area contributed by atoms with Gasteiger partial charge >= 0.3 is 0 Å². The molecule has 0 bridgehead atoms. The summed E-state index contributed by atoms with van der Waals surface area (Å²) in [4.78, 5) is 11.0. The molecule has 1 aromatic heterocycles. The smallest absolute Gasteiger partial charge is 0.180 e. The molecule has 11 heavy (non-hydrogen) atoms. The van der Waals surface area contributed by atoms with Gasteiger partial charge in [-0.1, -0.05) is 0 Å². The van der Waals surface area contributed by atoms with Gasteiger partial charge in [-0.05, 0) is 15.9 Å². The summed E-state index contributed by atoms with van der Waals surface area (Å²) in [7, 11) is 1.75. The molecule has 0 fully saturated rings. The Labute approximate surface area is 72.5 Å². The first kappa shape index (κ1) is 8.42. The summed E-state index contributed by atoms with van der Waals surface area (Å²) in [5.41, 5.74) is 5.71. The molecule has 2 N–H and O–H groups in total. The molecule has 4 nitrogen and oxygen atoms in total. The average Bonchev–Trinajstić information content (AvgIpc) is 2.32. The lowest BCUT2D eigenvalue weighted by Crippen LogP contribution is -2.13. The largest absolute Gasteiger partial charge is 0.324 e. The van der Waals surface area contributed by atoms with E-state index in [9.17, 15) is 4.79 Å². The fraction of sp³-hybridized carbons (Fsp3) is 0.333. The summed E-state index contributed by atoms with van der Waals surface area (Å²) < 4.78 is 2.25. The van der Waals surface area contributed by atoms with Gasteiger partial charge in [0.15, 0.2) is 5.78 Å². The van der Waals surface area contributed by atoms with E-state index in [1.165, 1.54) is 6.20 Å². The second kappa shape index (κ2) is 3.15. The highest BCUT2D eigenvalue weighted by atomic mass is 79.9. The molecule has 0 aliphatic carbocycles. The first-order valence-corrected chi connectivity index (χ1v) is 3.87. The van der Waals surface area contributed by atoms with Gasteiger partial charge in [0.05, 0.1) is 18.3 Å². The Kier molecular flexibility index (Phi) is 2.41. The van der Waals surface area contributed by atoms with Crippen molar-refractivity contribution in [3.8, 4) is 0 Å². The highest BCUT2D eigenvalue weighted by molar-refractivity contribution is 9.10. The van der Waals surface area contributed by atoms with Crippen molar-refractivity contribution >= 4 is 21.7 Å². The average molecular weight is 218 g/mol. The number of nitrogens with zero attached hydrogens (tertiary/aromatic N) is 2. The number of ketones is 1. The Morgan fingerprint density at radius 1 is 1.91 bits per heavy atom. The molecule has 0 atom stereocenters. The summed E-state index contributed by atoms with van der Waals surface area (Å²) in [5.74, 6) is -0.107. The molecule has 5 heteroatoms. The molecular formula is C6H8BrN3O. The number of nitrogens with two attached hydrogens (primary N) is 1. The SMILES string of the molecule is Cn1ncc(C(=O)CN)c1Br. The third-order valence-electron chi connectivity index (χ3n) is 1.35. The van der Waals surface area contributed by atoms with Crippen molar-refractivity contribution in [1.82, 2.24) is 9.78 Å². The lowest BCUT2D eigenvalue weighted by atomic mass is 10.2. The van der Waals surface area contributed by atoms with Crippen LogP contribution in [0.3, 0.4) is 0 Å². The second-order valence-corrected chi connectivity index (χ2v) is 2.85. The van der Waals surface area contributed by atoms with Crippen LogP contribution in [0.25, 0.3) is 0 Å². The van der Waals surface area contributed by atoms with E-state index in [2.05, 4.69) is 21.0 Å². The quantitative estimate of drug-likeness (QED) is 0.727. The summed E-state index contributed by atoms with van der Waals surface area (Å²) in [6, 6.07) is 0. The molecule has 0 unspecified atom stereocenters. The maximum absolute atomic E-state index is 11.0. The number of rotatable bonds is 2. The van der Waals surface area contributed by atoms with Crippen molar-refractivity contribution in [1.29, 1.82) is 0 Å². The molecule has 1 rings (SSSR count). The van der Waals surface area contributed by atoms with Crippen molar-refractivity contribution in [2.45, 2.75) is 0 Å². The molecule has 0 radical (unpaired) electrons. The maximum Gasteiger partial charge on any atom is 0.180 e. The van der Waals surface area contributed by atoms with Gasteiger partial charge in [-0.3, -0.25) is 9.48 Å². The maximum atomic E-state index is 11.0. The Balaban J connectivity index is 3.04. The highest BCUT2D eigenvalue weighted by Gasteiger charge is 2.11. The molecule has 0 aromatic carbocycles. The predicted octanol–water partition coefficient (Wildman–Crippen LogP) is 0.324. The van der Waals surface area contributed by atoms with E-state index in [4.69, 9.17) is 5.73 Å². The minimum atomic E-state index is -0.107. The second-order valence-electron chi connectivity index (χ2n) is 2.10. The van der Waals surface area contributed by atoms with Gasteiger partial charge in [-0.15, -0.1) is 0 Å². The molecule has 1 aromatic rings. The molecular weight excluding hydrogens is 210 g/mol. The number of Topliss-reactive ketones (excluding diaryl/α,β-unsaturated/α-hetero) is 1. The third kappa shape index (κ3) is 1.49. The van der Waals surface area contributed by atoms with Gasteiger partial charge in [0.2, 0.25) is 0 Å². The number of hydrogen-bond acceptors (Lipinski definition) is 3. The van der Waals surface area contributed by atoms with Gasteiger partial charge in [-0.25, -0.2) is 0 Å². The van der Waals surface area contributed by atoms with Crippen molar-refractivity contribution < 1.29 is 4.79 Å². The first-order chi connectivity index (χ1) is 5.16. The van der Waals surface area contributed by atoms with Crippen LogP contribution in [0, 0.1) is 0 Å². The molecule has 0 amide bonds. The van der Waals surface area contributed by atoms with Gasteiger partial charge < -0.3 is 5.73 Å². The molecule has 0 aliphatic heterocycles. The normalized spacial score (nSPS) is 10.1. The zero-order valence-electron chi connectivity index (χ0n) is 6.04. The van der Waals surface area contributed by atoms with E-state index >= 15 is 0 Å². The first-order valence-electron chi connectivity index (χ1n) is 3.07. The standard InChI is InChI=1S/C6H8BrN3O/c1-10-6(7)4(3-9-10)5(11)2-8/h3H,2,8H2,1H3. The number of aromatic nitrogens is 2. The summed E-state index contributed by atoms with van der Waals surface area (Å²) in [5, 5.41) is 3.88. The Morgan fingerprint density at radius 2 is 2.55 bits per heavy atom. The van der Waals surface area contributed by atoms with Crippen LogP contribution in [-0.4, -0.2) is 22.1 Å². The Morgan fingerprint density at radius 3 is 2.91 bits per heavy atom. The van der Waals surface area contributed by atoms with Crippen LogP contribution < -0.4 is 5.73 Å². The van der Waals surface area contributed by atoms with Gasteiger partial charge in [0, 0.05) is 7.05 Å². The van der Waals surface area contributed by atoms with Crippen LogP contribution in [-0.2, 0) is 7.05 Å². The van der Waals surface area contributed by atoms with Gasteiger partial charge in [0.1, 0.15) is 4.60 Å². The highest BCUT2D eigenvalue weighted by Crippen LogP contribution is 2.14. The van der Waals surface area contributed by atoms with E-state index in [0.717, 1.165) is 0 Å². The van der Waals surface area contributed by atoms with Crippen molar-refractivity contribution in [3.63, 3.8) is 0 Å². The molecule has 0 saturated heterocycles. The summed E-state index contributed by atoms with van der Waals surface area (Å²) in [6.07, 6.45) is 1.50. The van der Waals surface area contributed by atoms with E-state index in [0.29, 0.717) is 10.2 Å². The third-order valence-corrected chi connectivity index (χ3v) is 2.29. The van der Waals surface area contributed by atoms with Crippen molar-refractivity contribution in [2.75, 3.05) is 6.54 Å². The number of halogens is 1. The lowest BCUT2D eigenvalue weighted by Gasteiger charge is -1.93. The van der Waals surface area contributed by atoms with Crippen LogP contribution in [0.1, 0.15) is 10.4 Å². The molecule has 1 heterocycles. The van der Waals surface area contributed by atoms with Crippen molar-refractivity contribution in [2.24, 2.45) is 12.8 Å². The summed E-state index contributed by atoms with van der Waals surface area (Å²) in [6.45, 7) is 0.0181. The van der Waals surface area contributed by atoms with Crippen LogP contribution in [0.15, 0.2) is 10.8 Å². The van der Waals surface area contributed by atoms with Crippen LogP contribution in [0.4, 0.5) is 0 Å². The van der Waals surface area contributed by atoms with E-state index < -0.39 is 0 Å². The van der Waals surface area contributed by atoms with Crippen LogP contribution >= 0.6 is 15.9 Å². The zero-order valence-corrected chi connectivity index (χ0v) is 7.63.